The molecule has 0 bridgehead atoms. The Morgan fingerprint density at radius 3 is 2.43 bits per heavy atom. The SMILES string of the molecule is [Ag].[SH-].[c-]1nc[nH]n1. The summed E-state index contributed by atoms with van der Waals surface area (Å²) in [5.74, 6) is 0. The number of H-pyrrole nitrogens is 1. The predicted octanol–water partition coefficient (Wildman–Crippen LogP) is -0.668. The average Bonchev–Trinajstić information content (AvgIpc) is 1.76. The van der Waals surface area contributed by atoms with Crippen LogP contribution in [0.5, 0.6) is 0 Å². The number of hydrogen-bond acceptors (Lipinski definition) is 3. The molecule has 0 aliphatic carbocycles. The van der Waals surface area contributed by atoms with Crippen LogP contribution in [0.15, 0.2) is 6.33 Å². The van der Waals surface area contributed by atoms with Crippen molar-refractivity contribution in [2.45, 2.75) is 0 Å². The van der Waals surface area contributed by atoms with E-state index in [0.717, 1.165) is 0 Å². The van der Waals surface area contributed by atoms with Crippen LogP contribution in [0.25, 0.3) is 0 Å². The van der Waals surface area contributed by atoms with E-state index < -0.39 is 0 Å². The third-order valence-electron chi connectivity index (χ3n) is 0.295. The quantitative estimate of drug-likeness (QED) is 0.266. The number of thiol groups is 1. The Labute approximate surface area is 63.9 Å². The van der Waals surface area contributed by atoms with E-state index in [2.05, 4.69) is 21.5 Å². The molecule has 0 atom stereocenters. The molecule has 0 aromatic carbocycles. The minimum absolute atomic E-state index is 0. The molecule has 0 saturated heterocycles. The minimum atomic E-state index is 0. The molecule has 1 N–H and O–H groups in total. The summed E-state index contributed by atoms with van der Waals surface area (Å²) >= 11 is 0. The standard InChI is InChI=1S/C2H2N3.Ag.H2S/c1-3-2-5-4-1;;/h1H,(H,3,4,5);;1H2/q-1;;/p-1. The number of rotatable bonds is 0. The van der Waals surface area contributed by atoms with Gasteiger partial charge in [-0.3, -0.25) is 5.10 Å². The van der Waals surface area contributed by atoms with Crippen molar-refractivity contribution in [3.63, 3.8) is 0 Å². The van der Waals surface area contributed by atoms with Gasteiger partial charge < -0.3 is 23.6 Å². The molecule has 1 rings (SSSR count). The molecule has 7 heavy (non-hydrogen) atoms. The van der Waals surface area contributed by atoms with E-state index in [1.54, 1.807) is 0 Å². The van der Waals surface area contributed by atoms with Crippen molar-refractivity contribution in [1.82, 2.24) is 15.2 Å². The molecule has 1 aromatic heterocycles. The van der Waals surface area contributed by atoms with Gasteiger partial charge in [0, 0.05) is 22.4 Å². The van der Waals surface area contributed by atoms with E-state index in [1.165, 1.54) is 6.33 Å². The first-order valence-corrected chi connectivity index (χ1v) is 1.22. The van der Waals surface area contributed by atoms with E-state index in [9.17, 15) is 0 Å². The van der Waals surface area contributed by atoms with Crippen molar-refractivity contribution in [3.8, 4) is 0 Å². The minimum Gasteiger partial charge on any atom is -0.813 e. The topological polar surface area (TPSA) is 41.6 Å². The molecule has 0 saturated carbocycles. The number of aromatic amines is 1. The zero-order chi connectivity index (χ0) is 3.54. The average molecular weight is 209 g/mol. The second-order valence-corrected chi connectivity index (χ2v) is 0.599. The molecule has 45 valence electrons. The summed E-state index contributed by atoms with van der Waals surface area (Å²) in [5.41, 5.74) is 0. The van der Waals surface area contributed by atoms with Crippen molar-refractivity contribution in [1.29, 1.82) is 0 Å². The molecule has 0 fully saturated rings. The van der Waals surface area contributed by atoms with Crippen LogP contribution in [-0.2, 0) is 35.9 Å². The Morgan fingerprint density at radius 2 is 2.29 bits per heavy atom. The second kappa shape index (κ2) is 6.23. The van der Waals surface area contributed by atoms with E-state index in [-0.39, 0.29) is 35.9 Å². The Hall–Kier alpha value is 0.230. The maximum absolute atomic E-state index is 3.43. The van der Waals surface area contributed by atoms with E-state index in [4.69, 9.17) is 0 Å². The molecule has 3 nitrogen and oxygen atoms in total. The summed E-state index contributed by atoms with van der Waals surface area (Å²) in [6, 6.07) is 0. The third-order valence-corrected chi connectivity index (χ3v) is 0.295. The van der Waals surface area contributed by atoms with Crippen LogP contribution in [0.3, 0.4) is 0 Å². The molecule has 0 spiro atoms. The van der Waals surface area contributed by atoms with Crippen LogP contribution in [0.2, 0.25) is 0 Å². The zero-order valence-corrected chi connectivity index (χ0v) is 5.60. The van der Waals surface area contributed by atoms with Crippen LogP contribution in [0, 0.1) is 6.33 Å². The molecule has 0 unspecified atom stereocenters. The van der Waals surface area contributed by atoms with E-state index >= 15 is 0 Å². The molecule has 0 aliphatic rings. The largest absolute Gasteiger partial charge is 0.813 e. The fraction of sp³-hybridized carbons (Fsp3) is 0. The van der Waals surface area contributed by atoms with Crippen molar-refractivity contribution in [2.24, 2.45) is 0 Å². The number of aromatic nitrogens is 3. The molecule has 1 aromatic rings. The predicted molar refractivity (Wildman–Crippen MR) is 24.0 cm³/mol. The summed E-state index contributed by atoms with van der Waals surface area (Å²) in [6.07, 6.45) is 3.76. The third kappa shape index (κ3) is 4.08. The van der Waals surface area contributed by atoms with Crippen molar-refractivity contribution in [3.05, 3.63) is 12.7 Å². The summed E-state index contributed by atoms with van der Waals surface area (Å²) in [6.45, 7) is 0. The maximum Gasteiger partial charge on any atom is 0 e. The summed E-state index contributed by atoms with van der Waals surface area (Å²) < 4.78 is 0. The fourth-order valence-electron chi connectivity index (χ4n) is 0.144. The number of nitrogens with one attached hydrogen (secondary N) is 1. The first kappa shape index (κ1) is 10.3. The van der Waals surface area contributed by atoms with Crippen molar-refractivity contribution >= 4 is 13.5 Å². The smallest absolute Gasteiger partial charge is 0 e. The number of hydrogen-bond donors (Lipinski definition) is 1. The molecule has 1 heterocycles. The van der Waals surface area contributed by atoms with Crippen LogP contribution in [0.4, 0.5) is 0 Å². The maximum atomic E-state index is 3.43. The summed E-state index contributed by atoms with van der Waals surface area (Å²) in [5, 5.41) is 5.81. The first-order chi connectivity index (χ1) is 2.50. The Bertz CT molecular complexity index is 69.4. The van der Waals surface area contributed by atoms with Crippen molar-refractivity contribution in [2.75, 3.05) is 0 Å². The molecule has 1 radical (unpaired) electrons. The van der Waals surface area contributed by atoms with Gasteiger partial charge in [0.25, 0.3) is 0 Å². The Morgan fingerprint density at radius 1 is 1.57 bits per heavy atom. The van der Waals surface area contributed by atoms with Gasteiger partial charge in [0.05, 0.1) is 0 Å². The van der Waals surface area contributed by atoms with Gasteiger partial charge >= 0.3 is 0 Å². The zero-order valence-electron chi connectivity index (χ0n) is 3.22. The Kier molecular flexibility index (Phi) is 9.13. The first-order valence-electron chi connectivity index (χ1n) is 1.22. The van der Waals surface area contributed by atoms with Crippen LogP contribution in [0.1, 0.15) is 0 Å². The van der Waals surface area contributed by atoms with Gasteiger partial charge in [0.15, 0.2) is 0 Å². The molecule has 0 aliphatic heterocycles. The van der Waals surface area contributed by atoms with Gasteiger partial charge in [0.2, 0.25) is 0 Å². The van der Waals surface area contributed by atoms with Gasteiger partial charge in [-0.2, -0.15) is 0 Å². The monoisotopic (exact) mass is 208 g/mol. The van der Waals surface area contributed by atoms with Crippen LogP contribution < -0.4 is 0 Å². The van der Waals surface area contributed by atoms with Gasteiger partial charge in [-0.05, 0) is 12.7 Å². The molecule has 0 amide bonds. The molecular formula is C2H3AgN3S-2. The van der Waals surface area contributed by atoms with Gasteiger partial charge in [-0.1, -0.05) is 0 Å². The normalized spacial score (nSPS) is 5.71. The van der Waals surface area contributed by atoms with Crippen LogP contribution >= 0.6 is 0 Å². The molecule has 5 heteroatoms. The summed E-state index contributed by atoms with van der Waals surface area (Å²) in [4.78, 5) is 3.43. The number of nitrogens with zero attached hydrogens (tertiary/aromatic N) is 2. The fourth-order valence-corrected chi connectivity index (χ4v) is 0.144. The molecular weight excluding hydrogens is 206 g/mol. The summed E-state index contributed by atoms with van der Waals surface area (Å²) in [7, 11) is 0. The Balaban J connectivity index is 0. The van der Waals surface area contributed by atoms with E-state index in [1.807, 2.05) is 0 Å². The van der Waals surface area contributed by atoms with Gasteiger partial charge in [-0.15, -0.1) is 0 Å². The van der Waals surface area contributed by atoms with Crippen molar-refractivity contribution < 1.29 is 22.4 Å². The second-order valence-electron chi connectivity index (χ2n) is 0.599. The van der Waals surface area contributed by atoms with Gasteiger partial charge in [0.1, 0.15) is 0 Å². The van der Waals surface area contributed by atoms with Gasteiger partial charge in [-0.25, -0.2) is 0 Å². The van der Waals surface area contributed by atoms with Crippen LogP contribution in [-0.4, -0.2) is 15.2 Å². The van der Waals surface area contributed by atoms with E-state index in [0.29, 0.717) is 0 Å².